The summed E-state index contributed by atoms with van der Waals surface area (Å²) in [4.78, 5) is 24.5. The SMILES string of the molecule is C=C(C(=O)Nc1cnccn1)n1nc(-c2ccccc2C(F)(F)F)cc(C)/c1=N/C. The zero-order valence-corrected chi connectivity index (χ0v) is 16.1. The lowest BCUT2D eigenvalue weighted by Crippen LogP contribution is -2.31. The van der Waals surface area contributed by atoms with Gasteiger partial charge in [0.25, 0.3) is 5.91 Å². The first kappa shape index (κ1) is 20.9. The maximum Gasteiger partial charge on any atom is 0.417 e. The molecule has 154 valence electrons. The van der Waals surface area contributed by atoms with Crippen LogP contribution in [0.4, 0.5) is 19.0 Å². The Hall–Kier alpha value is -3.82. The Bertz CT molecular complexity index is 1170. The lowest BCUT2D eigenvalue weighted by atomic mass is 10.0. The highest BCUT2D eigenvalue weighted by Gasteiger charge is 2.34. The number of benzene rings is 1. The third-order valence-corrected chi connectivity index (χ3v) is 4.16. The van der Waals surface area contributed by atoms with E-state index in [0.717, 1.165) is 10.7 Å². The first-order chi connectivity index (χ1) is 14.2. The van der Waals surface area contributed by atoms with Gasteiger partial charge in [0.15, 0.2) is 11.3 Å². The monoisotopic (exact) mass is 414 g/mol. The summed E-state index contributed by atoms with van der Waals surface area (Å²) in [6.07, 6.45) is -0.379. The minimum Gasteiger partial charge on any atom is -0.304 e. The molecule has 0 saturated heterocycles. The molecule has 0 aliphatic heterocycles. The van der Waals surface area contributed by atoms with Crippen molar-refractivity contribution in [3.05, 3.63) is 72.1 Å². The largest absolute Gasteiger partial charge is 0.417 e. The minimum atomic E-state index is -4.56. The standard InChI is InChI=1S/C20H17F3N6O/c1-12-10-16(14-6-4-5-7-15(14)20(21,22)23)28-29(18(12)24-3)13(2)19(30)27-17-11-25-8-9-26-17/h4-11H,2H2,1,3H3,(H,26,27,30)/b24-18-. The van der Waals surface area contributed by atoms with Crippen LogP contribution in [-0.2, 0) is 11.0 Å². The molecule has 2 heterocycles. The van der Waals surface area contributed by atoms with Gasteiger partial charge in [-0.3, -0.25) is 14.8 Å². The van der Waals surface area contributed by atoms with Gasteiger partial charge >= 0.3 is 6.18 Å². The molecule has 0 atom stereocenters. The van der Waals surface area contributed by atoms with Crippen molar-refractivity contribution in [2.75, 3.05) is 12.4 Å². The van der Waals surface area contributed by atoms with Crippen molar-refractivity contribution in [1.29, 1.82) is 0 Å². The van der Waals surface area contributed by atoms with Crippen molar-refractivity contribution in [3.63, 3.8) is 0 Å². The maximum atomic E-state index is 13.5. The lowest BCUT2D eigenvalue weighted by Gasteiger charge is -2.16. The number of carbonyl (C=O) groups is 1. The van der Waals surface area contributed by atoms with Gasteiger partial charge in [-0.15, -0.1) is 0 Å². The Kier molecular flexibility index (Phi) is 5.77. The van der Waals surface area contributed by atoms with Crippen LogP contribution in [0.2, 0.25) is 0 Å². The molecule has 1 aromatic carbocycles. The van der Waals surface area contributed by atoms with E-state index in [1.54, 1.807) is 6.92 Å². The van der Waals surface area contributed by atoms with E-state index in [-0.39, 0.29) is 28.3 Å². The lowest BCUT2D eigenvalue weighted by molar-refractivity contribution is -0.137. The molecular weight excluding hydrogens is 397 g/mol. The van der Waals surface area contributed by atoms with Gasteiger partial charge in [-0.1, -0.05) is 24.8 Å². The zero-order valence-electron chi connectivity index (χ0n) is 16.1. The van der Waals surface area contributed by atoms with Crippen molar-refractivity contribution < 1.29 is 18.0 Å². The van der Waals surface area contributed by atoms with Gasteiger partial charge in [-0.05, 0) is 24.6 Å². The van der Waals surface area contributed by atoms with E-state index in [1.807, 2.05) is 0 Å². The molecule has 3 rings (SSSR count). The average molecular weight is 414 g/mol. The van der Waals surface area contributed by atoms with Gasteiger partial charge in [0.1, 0.15) is 5.70 Å². The summed E-state index contributed by atoms with van der Waals surface area (Å²) < 4.78 is 41.5. The Morgan fingerprint density at radius 2 is 1.97 bits per heavy atom. The van der Waals surface area contributed by atoms with Crippen LogP contribution < -0.4 is 10.8 Å². The van der Waals surface area contributed by atoms with E-state index in [4.69, 9.17) is 0 Å². The van der Waals surface area contributed by atoms with E-state index in [1.165, 1.54) is 49.9 Å². The predicted octanol–water partition coefficient (Wildman–Crippen LogP) is 3.31. The summed E-state index contributed by atoms with van der Waals surface area (Å²) in [5.41, 5.74) is -0.265. The quantitative estimate of drug-likeness (QED) is 0.664. The smallest absolute Gasteiger partial charge is 0.304 e. The number of nitrogens with zero attached hydrogens (tertiary/aromatic N) is 5. The zero-order chi connectivity index (χ0) is 21.9. The first-order valence-corrected chi connectivity index (χ1v) is 8.69. The van der Waals surface area contributed by atoms with Crippen molar-refractivity contribution in [2.45, 2.75) is 13.1 Å². The Labute approximate surface area is 169 Å². The number of aromatic nitrogens is 4. The molecule has 10 heteroatoms. The molecule has 0 radical (unpaired) electrons. The fraction of sp³-hybridized carbons (Fsp3) is 0.150. The van der Waals surface area contributed by atoms with E-state index in [9.17, 15) is 18.0 Å². The third-order valence-electron chi connectivity index (χ3n) is 4.16. The molecule has 0 spiro atoms. The minimum absolute atomic E-state index is 0.0290. The van der Waals surface area contributed by atoms with E-state index in [2.05, 4.69) is 32.0 Å². The maximum absolute atomic E-state index is 13.5. The topological polar surface area (TPSA) is 85.1 Å². The van der Waals surface area contributed by atoms with Crippen LogP contribution in [0, 0.1) is 6.92 Å². The van der Waals surface area contributed by atoms with Crippen LogP contribution in [-0.4, -0.2) is 32.7 Å². The van der Waals surface area contributed by atoms with E-state index in [0.29, 0.717) is 5.56 Å². The number of hydrogen-bond donors (Lipinski definition) is 1. The second-order valence-electron chi connectivity index (χ2n) is 6.21. The fourth-order valence-corrected chi connectivity index (χ4v) is 2.81. The van der Waals surface area contributed by atoms with Crippen LogP contribution in [0.15, 0.2) is 60.5 Å². The number of rotatable bonds is 4. The summed E-state index contributed by atoms with van der Waals surface area (Å²) in [5.74, 6) is -0.465. The van der Waals surface area contributed by atoms with Gasteiger partial charge < -0.3 is 5.32 Å². The number of nitrogens with one attached hydrogen (secondary N) is 1. The molecule has 7 nitrogen and oxygen atoms in total. The highest BCUT2D eigenvalue weighted by molar-refractivity contribution is 6.19. The first-order valence-electron chi connectivity index (χ1n) is 8.69. The van der Waals surface area contributed by atoms with Gasteiger partial charge in [0, 0.05) is 25.0 Å². The second-order valence-corrected chi connectivity index (χ2v) is 6.21. The number of hydrogen-bond acceptors (Lipinski definition) is 5. The second kappa shape index (κ2) is 8.27. The van der Waals surface area contributed by atoms with Gasteiger partial charge in [0.2, 0.25) is 0 Å². The van der Waals surface area contributed by atoms with Crippen molar-refractivity contribution in [1.82, 2.24) is 19.7 Å². The molecule has 3 aromatic rings. The molecule has 1 N–H and O–H groups in total. The Morgan fingerprint density at radius 1 is 1.23 bits per heavy atom. The Morgan fingerprint density at radius 3 is 2.60 bits per heavy atom. The molecule has 0 bridgehead atoms. The van der Waals surface area contributed by atoms with Crippen LogP contribution in [0.5, 0.6) is 0 Å². The van der Waals surface area contributed by atoms with Crippen molar-refractivity contribution in [3.8, 4) is 11.3 Å². The summed E-state index contributed by atoms with van der Waals surface area (Å²) in [6.45, 7) is 5.40. The molecule has 2 aromatic heterocycles. The highest BCUT2D eigenvalue weighted by atomic mass is 19.4. The Balaban J connectivity index is 2.10. The molecule has 1 amide bonds. The summed E-state index contributed by atoms with van der Waals surface area (Å²) >= 11 is 0. The molecule has 0 saturated carbocycles. The van der Waals surface area contributed by atoms with Crippen molar-refractivity contribution in [2.24, 2.45) is 4.99 Å². The van der Waals surface area contributed by atoms with Gasteiger partial charge in [-0.25, -0.2) is 9.67 Å². The number of carbonyl (C=O) groups excluding carboxylic acids is 1. The summed E-state index contributed by atoms with van der Waals surface area (Å²) in [6, 6.07) is 6.57. The number of amides is 1. The number of aryl methyl sites for hydroxylation is 1. The molecule has 0 unspecified atom stereocenters. The molecule has 0 aliphatic carbocycles. The van der Waals surface area contributed by atoms with Crippen LogP contribution in [0.25, 0.3) is 17.0 Å². The number of alkyl halides is 3. The number of halogens is 3. The van der Waals surface area contributed by atoms with Crippen molar-refractivity contribution >= 4 is 17.4 Å². The normalized spacial score (nSPS) is 12.0. The predicted molar refractivity (Wildman–Crippen MR) is 105 cm³/mol. The average Bonchev–Trinajstić information content (AvgIpc) is 2.72. The summed E-state index contributed by atoms with van der Waals surface area (Å²) in [5, 5.41) is 6.75. The molecule has 0 aliphatic rings. The highest BCUT2D eigenvalue weighted by Crippen LogP contribution is 2.36. The van der Waals surface area contributed by atoms with Crippen LogP contribution in [0.1, 0.15) is 11.1 Å². The fourth-order valence-electron chi connectivity index (χ4n) is 2.81. The van der Waals surface area contributed by atoms with E-state index < -0.39 is 17.6 Å². The van der Waals surface area contributed by atoms with Gasteiger partial charge in [0.05, 0.1) is 17.5 Å². The summed E-state index contributed by atoms with van der Waals surface area (Å²) in [7, 11) is 1.48. The third kappa shape index (κ3) is 4.27. The number of anilines is 1. The van der Waals surface area contributed by atoms with Crippen LogP contribution >= 0.6 is 0 Å². The van der Waals surface area contributed by atoms with Crippen LogP contribution in [0.3, 0.4) is 0 Å². The molecular formula is C20H17F3N6O. The molecule has 30 heavy (non-hydrogen) atoms. The molecule has 0 fully saturated rings. The van der Waals surface area contributed by atoms with Gasteiger partial charge in [-0.2, -0.15) is 18.3 Å². The van der Waals surface area contributed by atoms with E-state index >= 15 is 0 Å².